The molecule has 1 aromatic carbocycles. The molecule has 0 spiro atoms. The molecule has 0 N–H and O–H groups in total. The molecule has 0 radical (unpaired) electrons. The second-order valence-electron chi connectivity index (χ2n) is 6.28. The van der Waals surface area contributed by atoms with Crippen LogP contribution in [0.15, 0.2) is 36.5 Å². The Morgan fingerprint density at radius 1 is 1.38 bits per heavy atom. The maximum atomic E-state index is 13.4. The van der Waals surface area contributed by atoms with Crippen LogP contribution in [0.25, 0.3) is 0 Å². The summed E-state index contributed by atoms with van der Waals surface area (Å²) < 4.78 is 18.4. The molecule has 1 atom stereocenters. The highest BCUT2D eigenvalue weighted by molar-refractivity contribution is 5.94. The number of pyridine rings is 1. The normalized spacial score (nSPS) is 17.1. The molecule has 1 unspecified atom stereocenters. The monoisotopic (exact) mass is 328 g/mol. The zero-order valence-corrected chi connectivity index (χ0v) is 14.0. The van der Waals surface area contributed by atoms with E-state index in [1.54, 1.807) is 32.4 Å². The number of amides is 1. The van der Waals surface area contributed by atoms with Gasteiger partial charge in [-0.1, -0.05) is 12.1 Å². The highest BCUT2D eigenvalue weighted by Gasteiger charge is 2.27. The third-order valence-corrected chi connectivity index (χ3v) is 4.51. The van der Waals surface area contributed by atoms with Gasteiger partial charge in [0.15, 0.2) is 0 Å². The van der Waals surface area contributed by atoms with Crippen molar-refractivity contribution in [2.75, 3.05) is 20.2 Å². The number of aryl methyl sites for hydroxylation is 1. The standard InChI is InChI=1S/C19H21FN2O2/c1-13-9-14(3-5-17(13)20)10-15-7-8-22(12-15)19(23)16-4-6-18(24-2)21-11-16/h3-6,9,11,15H,7-8,10,12H2,1-2H3. The molecule has 126 valence electrons. The molecular weight excluding hydrogens is 307 g/mol. The molecule has 0 aliphatic carbocycles. The molecule has 1 aliphatic rings. The largest absolute Gasteiger partial charge is 0.481 e. The average molecular weight is 328 g/mol. The summed E-state index contributed by atoms with van der Waals surface area (Å²) in [6.45, 7) is 3.25. The van der Waals surface area contributed by atoms with Crippen molar-refractivity contribution in [1.29, 1.82) is 0 Å². The Morgan fingerprint density at radius 2 is 2.21 bits per heavy atom. The zero-order chi connectivity index (χ0) is 17.1. The van der Waals surface area contributed by atoms with E-state index < -0.39 is 0 Å². The Balaban J connectivity index is 1.61. The van der Waals surface area contributed by atoms with E-state index >= 15 is 0 Å². The van der Waals surface area contributed by atoms with Gasteiger partial charge in [0.05, 0.1) is 12.7 Å². The van der Waals surface area contributed by atoms with Crippen molar-refractivity contribution in [2.24, 2.45) is 5.92 Å². The molecule has 3 rings (SSSR count). The predicted molar refractivity (Wildman–Crippen MR) is 89.6 cm³/mol. The van der Waals surface area contributed by atoms with Gasteiger partial charge < -0.3 is 9.64 Å². The fraction of sp³-hybridized carbons (Fsp3) is 0.368. The SMILES string of the molecule is COc1ccc(C(=O)N2CCC(Cc3ccc(F)c(C)c3)C2)cn1. The van der Waals surface area contributed by atoms with Gasteiger partial charge in [-0.05, 0) is 48.9 Å². The molecule has 1 aromatic heterocycles. The van der Waals surface area contributed by atoms with Crippen LogP contribution in [0.2, 0.25) is 0 Å². The number of aromatic nitrogens is 1. The Morgan fingerprint density at radius 3 is 2.88 bits per heavy atom. The Labute approximate surface area is 141 Å². The first-order valence-corrected chi connectivity index (χ1v) is 8.11. The molecule has 1 aliphatic heterocycles. The van der Waals surface area contributed by atoms with E-state index in [4.69, 9.17) is 4.74 Å². The van der Waals surface area contributed by atoms with Crippen molar-refractivity contribution >= 4 is 5.91 Å². The maximum absolute atomic E-state index is 13.4. The fourth-order valence-electron chi connectivity index (χ4n) is 3.16. The zero-order valence-electron chi connectivity index (χ0n) is 14.0. The van der Waals surface area contributed by atoms with Gasteiger partial charge in [-0.15, -0.1) is 0 Å². The van der Waals surface area contributed by atoms with Crippen LogP contribution < -0.4 is 4.74 Å². The van der Waals surface area contributed by atoms with Crippen LogP contribution in [0.4, 0.5) is 4.39 Å². The predicted octanol–water partition coefficient (Wildman–Crippen LogP) is 3.24. The summed E-state index contributed by atoms with van der Waals surface area (Å²) in [6.07, 6.45) is 3.38. The summed E-state index contributed by atoms with van der Waals surface area (Å²) in [5.41, 5.74) is 2.37. The molecular formula is C19H21FN2O2. The van der Waals surface area contributed by atoms with Crippen molar-refractivity contribution in [2.45, 2.75) is 19.8 Å². The minimum absolute atomic E-state index is 0.00272. The maximum Gasteiger partial charge on any atom is 0.255 e. The molecule has 0 bridgehead atoms. The number of halogens is 1. The number of carbonyl (C=O) groups is 1. The number of ether oxygens (including phenoxy) is 1. The van der Waals surface area contributed by atoms with E-state index in [2.05, 4.69) is 4.98 Å². The second kappa shape index (κ2) is 6.99. The first-order valence-electron chi connectivity index (χ1n) is 8.11. The van der Waals surface area contributed by atoms with Gasteiger partial charge in [-0.25, -0.2) is 9.37 Å². The molecule has 24 heavy (non-hydrogen) atoms. The number of rotatable bonds is 4. The van der Waals surface area contributed by atoms with Crippen molar-refractivity contribution < 1.29 is 13.9 Å². The molecule has 5 heteroatoms. The average Bonchev–Trinajstić information content (AvgIpc) is 3.06. The van der Waals surface area contributed by atoms with Crippen LogP contribution in [-0.4, -0.2) is 36.0 Å². The number of benzene rings is 1. The molecule has 0 saturated carbocycles. The molecule has 2 aromatic rings. The Hall–Kier alpha value is -2.43. The number of likely N-dealkylation sites (tertiary alicyclic amines) is 1. The van der Waals surface area contributed by atoms with Crippen molar-refractivity contribution in [1.82, 2.24) is 9.88 Å². The van der Waals surface area contributed by atoms with Gasteiger partial charge in [0, 0.05) is 25.4 Å². The summed E-state index contributed by atoms with van der Waals surface area (Å²) in [4.78, 5) is 18.5. The van der Waals surface area contributed by atoms with Crippen LogP contribution in [0.1, 0.15) is 27.9 Å². The van der Waals surface area contributed by atoms with Crippen molar-refractivity contribution in [3.05, 3.63) is 59.0 Å². The number of hydrogen-bond donors (Lipinski definition) is 0. The quantitative estimate of drug-likeness (QED) is 0.865. The third-order valence-electron chi connectivity index (χ3n) is 4.51. The van der Waals surface area contributed by atoms with Gasteiger partial charge in [0.25, 0.3) is 5.91 Å². The van der Waals surface area contributed by atoms with Gasteiger partial charge in [-0.2, -0.15) is 0 Å². The van der Waals surface area contributed by atoms with Gasteiger partial charge in [-0.3, -0.25) is 4.79 Å². The van der Waals surface area contributed by atoms with E-state index in [0.29, 0.717) is 22.9 Å². The third kappa shape index (κ3) is 3.55. The second-order valence-corrected chi connectivity index (χ2v) is 6.28. The van der Waals surface area contributed by atoms with Crippen LogP contribution in [0.3, 0.4) is 0 Å². The summed E-state index contributed by atoms with van der Waals surface area (Å²) in [5, 5.41) is 0. The minimum atomic E-state index is -0.172. The van der Waals surface area contributed by atoms with Crippen LogP contribution >= 0.6 is 0 Å². The van der Waals surface area contributed by atoms with E-state index in [9.17, 15) is 9.18 Å². The number of nitrogens with zero attached hydrogens (tertiary/aromatic N) is 2. The summed E-state index contributed by atoms with van der Waals surface area (Å²) in [6, 6.07) is 8.69. The first-order chi connectivity index (χ1) is 11.6. The van der Waals surface area contributed by atoms with Crippen LogP contribution in [0, 0.1) is 18.7 Å². The lowest BCUT2D eigenvalue weighted by molar-refractivity contribution is 0.0786. The molecule has 1 amide bonds. The lowest BCUT2D eigenvalue weighted by atomic mass is 9.97. The van der Waals surface area contributed by atoms with Crippen LogP contribution in [0.5, 0.6) is 5.88 Å². The number of carbonyl (C=O) groups excluding carboxylic acids is 1. The molecule has 2 heterocycles. The highest BCUT2D eigenvalue weighted by Crippen LogP contribution is 2.23. The smallest absolute Gasteiger partial charge is 0.255 e. The van der Waals surface area contributed by atoms with Crippen molar-refractivity contribution in [3.63, 3.8) is 0 Å². The number of hydrogen-bond acceptors (Lipinski definition) is 3. The summed E-state index contributed by atoms with van der Waals surface area (Å²) in [5.74, 6) is 0.736. The van der Waals surface area contributed by atoms with E-state index in [0.717, 1.165) is 31.5 Å². The summed E-state index contributed by atoms with van der Waals surface area (Å²) >= 11 is 0. The molecule has 1 saturated heterocycles. The van der Waals surface area contributed by atoms with Gasteiger partial charge >= 0.3 is 0 Å². The van der Waals surface area contributed by atoms with E-state index in [1.807, 2.05) is 17.0 Å². The van der Waals surface area contributed by atoms with Gasteiger partial charge in [0.1, 0.15) is 5.82 Å². The lowest BCUT2D eigenvalue weighted by Crippen LogP contribution is -2.29. The van der Waals surface area contributed by atoms with E-state index in [1.165, 1.54) is 6.07 Å². The Kier molecular flexibility index (Phi) is 4.79. The minimum Gasteiger partial charge on any atom is -0.481 e. The lowest BCUT2D eigenvalue weighted by Gasteiger charge is -2.17. The fourth-order valence-corrected chi connectivity index (χ4v) is 3.16. The summed E-state index contributed by atoms with van der Waals surface area (Å²) in [7, 11) is 1.55. The van der Waals surface area contributed by atoms with E-state index in [-0.39, 0.29) is 11.7 Å². The van der Waals surface area contributed by atoms with Crippen molar-refractivity contribution in [3.8, 4) is 5.88 Å². The van der Waals surface area contributed by atoms with Gasteiger partial charge in [0.2, 0.25) is 5.88 Å². The highest BCUT2D eigenvalue weighted by atomic mass is 19.1. The topological polar surface area (TPSA) is 42.4 Å². The molecule has 4 nitrogen and oxygen atoms in total. The number of methoxy groups -OCH3 is 1. The van der Waals surface area contributed by atoms with Crippen LogP contribution in [-0.2, 0) is 6.42 Å². The first kappa shape index (κ1) is 16.4. The molecule has 1 fully saturated rings. The Bertz CT molecular complexity index is 731.